The summed E-state index contributed by atoms with van der Waals surface area (Å²) >= 11 is 12.1. The first-order valence-corrected chi connectivity index (χ1v) is 10.9. The van der Waals surface area contributed by atoms with Crippen LogP contribution in [0.1, 0.15) is 26.7 Å². The Morgan fingerprint density at radius 1 is 1.29 bits per heavy atom. The van der Waals surface area contributed by atoms with Crippen LogP contribution in [0.2, 0.25) is 10.3 Å². The Hall–Kier alpha value is -2.13. The van der Waals surface area contributed by atoms with Crippen molar-refractivity contribution in [2.24, 2.45) is 5.92 Å². The third kappa shape index (κ3) is 5.03. The van der Waals surface area contributed by atoms with Crippen LogP contribution >= 0.6 is 23.2 Å². The zero-order valence-corrected chi connectivity index (χ0v) is 18.9. The smallest absolute Gasteiger partial charge is 0.329 e. The summed E-state index contributed by atoms with van der Waals surface area (Å²) in [7, 11) is 0. The highest BCUT2D eigenvalue weighted by molar-refractivity contribution is 6.33. The summed E-state index contributed by atoms with van der Waals surface area (Å²) in [4.78, 5) is 21.3. The van der Waals surface area contributed by atoms with Crippen molar-refractivity contribution in [3.63, 3.8) is 0 Å². The van der Waals surface area contributed by atoms with Crippen LogP contribution < -0.4 is 11.0 Å². The number of anilines is 2. The molecular weight excluding hydrogens is 441 g/mol. The van der Waals surface area contributed by atoms with Gasteiger partial charge in [-0.15, -0.1) is 0 Å². The predicted molar refractivity (Wildman–Crippen MR) is 121 cm³/mol. The summed E-state index contributed by atoms with van der Waals surface area (Å²) in [6.07, 6.45) is 2.82. The molecule has 0 radical (unpaired) electrons. The van der Waals surface area contributed by atoms with E-state index in [1.165, 1.54) is 6.20 Å². The third-order valence-corrected chi connectivity index (χ3v) is 5.87. The lowest BCUT2D eigenvalue weighted by Crippen LogP contribution is -2.29. The fourth-order valence-corrected chi connectivity index (χ4v) is 4.00. The maximum Gasteiger partial charge on any atom is 0.329 e. The molecule has 1 unspecified atom stereocenters. The molecule has 8 nitrogen and oxygen atoms in total. The summed E-state index contributed by atoms with van der Waals surface area (Å²) in [5.74, 6) is 0.694. The Kier molecular flexibility index (Phi) is 6.25. The lowest BCUT2D eigenvalue weighted by molar-refractivity contribution is 0.0662. The van der Waals surface area contributed by atoms with Gasteiger partial charge in [-0.3, -0.25) is 9.13 Å². The van der Waals surface area contributed by atoms with Gasteiger partial charge >= 0.3 is 5.69 Å². The summed E-state index contributed by atoms with van der Waals surface area (Å²) in [6, 6.07) is 5.66. The largest absolute Gasteiger partial charge is 0.390 e. The minimum atomic E-state index is -0.881. The van der Waals surface area contributed by atoms with E-state index in [2.05, 4.69) is 15.3 Å². The Bertz CT molecular complexity index is 1150. The van der Waals surface area contributed by atoms with Crippen molar-refractivity contribution in [3.05, 3.63) is 45.2 Å². The number of aryl methyl sites for hydroxylation is 1. The molecule has 0 bridgehead atoms. The molecule has 1 aliphatic heterocycles. The number of hydrogen-bond acceptors (Lipinski definition) is 6. The lowest BCUT2D eigenvalue weighted by Gasteiger charge is -2.17. The van der Waals surface area contributed by atoms with Crippen LogP contribution in [0.25, 0.3) is 11.0 Å². The second-order valence-corrected chi connectivity index (χ2v) is 9.25. The van der Waals surface area contributed by atoms with Crippen LogP contribution in [-0.2, 0) is 17.8 Å². The van der Waals surface area contributed by atoms with Crippen LogP contribution in [0, 0.1) is 5.92 Å². The molecule has 1 fully saturated rings. The predicted octanol–water partition coefficient (Wildman–Crippen LogP) is 3.84. The second kappa shape index (κ2) is 8.78. The normalized spacial score (nSPS) is 16.9. The molecule has 2 aromatic heterocycles. The summed E-state index contributed by atoms with van der Waals surface area (Å²) in [5.41, 5.74) is 1.35. The first-order valence-electron chi connectivity index (χ1n) is 10.2. The van der Waals surface area contributed by atoms with Gasteiger partial charge in [-0.2, -0.15) is 4.98 Å². The minimum Gasteiger partial charge on any atom is -0.390 e. The SMILES string of the molecule is CC(C)(O)CCn1c(=O)n(CC2CCOC2)c2ccc(Nc3nc(Cl)ncc3Cl)cc21. The number of halogens is 2. The van der Waals surface area contributed by atoms with Gasteiger partial charge in [0.2, 0.25) is 5.28 Å². The molecule has 0 spiro atoms. The van der Waals surface area contributed by atoms with Gasteiger partial charge in [0.05, 0.1) is 29.4 Å². The van der Waals surface area contributed by atoms with E-state index < -0.39 is 5.60 Å². The number of benzene rings is 1. The maximum absolute atomic E-state index is 13.3. The van der Waals surface area contributed by atoms with E-state index in [1.54, 1.807) is 23.0 Å². The van der Waals surface area contributed by atoms with Gasteiger partial charge in [0.15, 0.2) is 5.82 Å². The van der Waals surface area contributed by atoms with Gasteiger partial charge in [-0.25, -0.2) is 9.78 Å². The van der Waals surface area contributed by atoms with Crippen LogP contribution in [0.4, 0.5) is 11.5 Å². The number of rotatable bonds is 7. The highest BCUT2D eigenvalue weighted by Crippen LogP contribution is 2.27. The van der Waals surface area contributed by atoms with Gasteiger partial charge < -0.3 is 15.2 Å². The monoisotopic (exact) mass is 465 g/mol. The zero-order chi connectivity index (χ0) is 22.2. The fraction of sp³-hybridized carbons (Fsp3) is 0.476. The van der Waals surface area contributed by atoms with E-state index in [-0.39, 0.29) is 11.0 Å². The summed E-state index contributed by atoms with van der Waals surface area (Å²) in [6.45, 7) is 5.87. The average molecular weight is 466 g/mol. The standard InChI is InChI=1S/C21H25Cl2N5O3/c1-21(2,30)6-7-27-17-9-14(25-18-15(22)10-24-19(23)26-18)3-4-16(17)28(20(27)29)11-13-5-8-31-12-13/h3-4,9-10,13,30H,5-8,11-12H2,1-2H3,(H,24,25,26). The molecule has 4 rings (SSSR count). The topological polar surface area (TPSA) is 94.2 Å². The number of nitrogens with zero attached hydrogens (tertiary/aromatic N) is 4. The van der Waals surface area contributed by atoms with Gasteiger partial charge in [0.25, 0.3) is 0 Å². The van der Waals surface area contributed by atoms with Crippen molar-refractivity contribution in [2.75, 3.05) is 18.5 Å². The van der Waals surface area contributed by atoms with E-state index in [9.17, 15) is 9.90 Å². The number of fused-ring (bicyclic) bond motifs is 1. The lowest BCUT2D eigenvalue weighted by atomic mass is 10.1. The zero-order valence-electron chi connectivity index (χ0n) is 17.4. The molecule has 0 aliphatic carbocycles. The number of imidazole rings is 1. The molecule has 3 aromatic rings. The highest BCUT2D eigenvalue weighted by Gasteiger charge is 2.22. The molecule has 0 saturated carbocycles. The minimum absolute atomic E-state index is 0.0833. The number of hydrogen-bond donors (Lipinski definition) is 2. The van der Waals surface area contributed by atoms with Crippen LogP contribution in [0.5, 0.6) is 0 Å². The van der Waals surface area contributed by atoms with E-state index in [0.717, 1.165) is 24.1 Å². The van der Waals surface area contributed by atoms with E-state index in [4.69, 9.17) is 27.9 Å². The summed E-state index contributed by atoms with van der Waals surface area (Å²) < 4.78 is 9.00. The van der Waals surface area contributed by atoms with Gasteiger partial charge in [0.1, 0.15) is 5.02 Å². The van der Waals surface area contributed by atoms with Crippen molar-refractivity contribution in [1.29, 1.82) is 0 Å². The Morgan fingerprint density at radius 3 is 2.81 bits per heavy atom. The Balaban J connectivity index is 1.74. The van der Waals surface area contributed by atoms with Crippen molar-refractivity contribution in [3.8, 4) is 0 Å². The first-order chi connectivity index (χ1) is 14.7. The maximum atomic E-state index is 13.3. The van der Waals surface area contributed by atoms with Crippen molar-refractivity contribution in [1.82, 2.24) is 19.1 Å². The quantitative estimate of drug-likeness (QED) is 0.514. The van der Waals surface area contributed by atoms with Crippen LogP contribution in [0.3, 0.4) is 0 Å². The third-order valence-electron chi connectivity index (χ3n) is 5.41. The molecular formula is C21H25Cl2N5O3. The van der Waals surface area contributed by atoms with Gasteiger partial charge in [0, 0.05) is 31.3 Å². The summed E-state index contributed by atoms with van der Waals surface area (Å²) in [5, 5.41) is 13.8. The molecule has 166 valence electrons. The molecule has 10 heteroatoms. The highest BCUT2D eigenvalue weighted by atomic mass is 35.5. The molecule has 1 aliphatic rings. The van der Waals surface area contributed by atoms with Crippen molar-refractivity contribution >= 4 is 45.7 Å². The molecule has 1 aromatic carbocycles. The van der Waals surface area contributed by atoms with Gasteiger partial charge in [-0.05, 0) is 56.5 Å². The fourth-order valence-electron chi connectivity index (χ4n) is 3.73. The number of aliphatic hydroxyl groups is 1. The first kappa shape index (κ1) is 22.1. The average Bonchev–Trinajstić information content (AvgIpc) is 3.30. The van der Waals surface area contributed by atoms with E-state index in [0.29, 0.717) is 48.6 Å². The molecule has 1 saturated heterocycles. The second-order valence-electron chi connectivity index (χ2n) is 8.50. The molecule has 0 amide bonds. The van der Waals surface area contributed by atoms with Crippen molar-refractivity contribution < 1.29 is 9.84 Å². The van der Waals surface area contributed by atoms with E-state index in [1.807, 2.05) is 18.2 Å². The van der Waals surface area contributed by atoms with Crippen molar-refractivity contribution in [2.45, 2.75) is 45.4 Å². The number of aromatic nitrogens is 4. The van der Waals surface area contributed by atoms with Crippen LogP contribution in [-0.4, -0.2) is 43.0 Å². The van der Waals surface area contributed by atoms with Crippen LogP contribution in [0.15, 0.2) is 29.2 Å². The number of nitrogens with one attached hydrogen (secondary N) is 1. The number of ether oxygens (including phenoxy) is 1. The molecule has 2 N–H and O–H groups in total. The Morgan fingerprint density at radius 2 is 2.10 bits per heavy atom. The molecule has 31 heavy (non-hydrogen) atoms. The molecule has 1 atom stereocenters. The Labute approximate surface area is 189 Å². The van der Waals surface area contributed by atoms with Gasteiger partial charge in [-0.1, -0.05) is 11.6 Å². The molecule has 3 heterocycles. The van der Waals surface area contributed by atoms with E-state index >= 15 is 0 Å².